The summed E-state index contributed by atoms with van der Waals surface area (Å²) in [6, 6.07) is 7.59. The Balaban J connectivity index is 1.70. The van der Waals surface area contributed by atoms with Gasteiger partial charge in [0, 0.05) is 6.54 Å². The van der Waals surface area contributed by atoms with E-state index in [4.69, 9.17) is 9.47 Å². The number of carboxylic acids is 1. The zero-order valence-electron chi connectivity index (χ0n) is 12.2. The minimum atomic E-state index is -0.793. The van der Waals surface area contributed by atoms with Crippen molar-refractivity contribution in [2.45, 2.75) is 37.8 Å². The molecule has 5 heteroatoms. The fraction of sp³-hybridized carbons (Fsp3) is 0.562. The maximum absolute atomic E-state index is 11.6. The molecule has 1 aromatic carbocycles. The van der Waals surface area contributed by atoms with Gasteiger partial charge in [0.1, 0.15) is 18.2 Å². The Bertz CT molecular complexity index is 533. The Morgan fingerprint density at radius 2 is 2.14 bits per heavy atom. The van der Waals surface area contributed by atoms with Crippen LogP contribution in [-0.4, -0.2) is 47.3 Å². The van der Waals surface area contributed by atoms with Crippen LogP contribution in [0.5, 0.6) is 11.5 Å². The molecule has 0 radical (unpaired) electrons. The molecule has 0 spiro atoms. The number of para-hydroxylation sites is 2. The van der Waals surface area contributed by atoms with Crippen molar-refractivity contribution in [3.8, 4) is 11.5 Å². The summed E-state index contributed by atoms with van der Waals surface area (Å²) in [5, 5.41) is 9.54. The summed E-state index contributed by atoms with van der Waals surface area (Å²) >= 11 is 0. The number of rotatable bonds is 3. The number of piperidine rings is 1. The van der Waals surface area contributed by atoms with Gasteiger partial charge in [-0.15, -0.1) is 0 Å². The van der Waals surface area contributed by atoms with Gasteiger partial charge in [-0.2, -0.15) is 0 Å². The number of ether oxygens (including phenoxy) is 2. The molecule has 0 bridgehead atoms. The van der Waals surface area contributed by atoms with E-state index in [1.54, 1.807) is 0 Å². The van der Waals surface area contributed by atoms with Crippen LogP contribution in [0.25, 0.3) is 0 Å². The summed E-state index contributed by atoms with van der Waals surface area (Å²) in [6.07, 6.45) is 2.56. The number of aliphatic carboxylic acids is 1. The van der Waals surface area contributed by atoms with Crippen molar-refractivity contribution < 1.29 is 19.4 Å². The number of benzene rings is 1. The summed E-state index contributed by atoms with van der Waals surface area (Å²) in [4.78, 5) is 13.6. The molecular weight excluding hydrogens is 270 g/mol. The number of fused-ring (bicyclic) bond motifs is 1. The van der Waals surface area contributed by atoms with Gasteiger partial charge in [0.2, 0.25) is 0 Å². The summed E-state index contributed by atoms with van der Waals surface area (Å²) in [7, 11) is 0. The molecule has 1 saturated heterocycles. The van der Waals surface area contributed by atoms with Crippen LogP contribution in [0.3, 0.4) is 0 Å². The number of nitrogens with zero attached hydrogens (tertiary/aromatic N) is 1. The Morgan fingerprint density at radius 3 is 2.90 bits per heavy atom. The highest BCUT2D eigenvalue weighted by atomic mass is 16.6. The van der Waals surface area contributed by atoms with Crippen molar-refractivity contribution in [1.82, 2.24) is 4.90 Å². The van der Waals surface area contributed by atoms with Crippen molar-refractivity contribution in [2.75, 3.05) is 19.7 Å². The van der Waals surface area contributed by atoms with Crippen LogP contribution in [0.15, 0.2) is 24.3 Å². The van der Waals surface area contributed by atoms with Crippen LogP contribution in [0, 0.1) is 0 Å². The lowest BCUT2D eigenvalue weighted by molar-refractivity contribution is -0.154. The summed E-state index contributed by atoms with van der Waals surface area (Å²) in [5.74, 6) is 0.746. The van der Waals surface area contributed by atoms with Crippen LogP contribution >= 0.6 is 0 Å². The van der Waals surface area contributed by atoms with Crippen molar-refractivity contribution in [3.05, 3.63) is 24.3 Å². The van der Waals surface area contributed by atoms with Gasteiger partial charge in [-0.1, -0.05) is 12.1 Å². The first-order valence-corrected chi connectivity index (χ1v) is 7.46. The van der Waals surface area contributed by atoms with Crippen molar-refractivity contribution in [1.29, 1.82) is 0 Å². The molecule has 2 unspecified atom stereocenters. The Labute approximate surface area is 124 Å². The molecule has 0 amide bonds. The van der Waals surface area contributed by atoms with Gasteiger partial charge in [-0.25, -0.2) is 0 Å². The van der Waals surface area contributed by atoms with Crippen molar-refractivity contribution >= 4 is 5.97 Å². The molecule has 2 heterocycles. The van der Waals surface area contributed by atoms with E-state index in [2.05, 4.69) is 0 Å². The zero-order chi connectivity index (χ0) is 14.9. The molecule has 1 fully saturated rings. The van der Waals surface area contributed by atoms with E-state index in [-0.39, 0.29) is 6.10 Å². The molecule has 3 rings (SSSR count). The predicted molar refractivity (Wildman–Crippen MR) is 77.8 cm³/mol. The molecule has 21 heavy (non-hydrogen) atoms. The average Bonchev–Trinajstić information content (AvgIpc) is 2.49. The topological polar surface area (TPSA) is 59.0 Å². The van der Waals surface area contributed by atoms with Gasteiger partial charge in [0.05, 0.1) is 0 Å². The summed E-state index contributed by atoms with van der Waals surface area (Å²) in [5.41, 5.74) is -0.793. The van der Waals surface area contributed by atoms with E-state index in [9.17, 15) is 9.90 Å². The molecular formula is C16H21NO4. The Kier molecular flexibility index (Phi) is 3.76. The van der Waals surface area contributed by atoms with Gasteiger partial charge in [-0.05, 0) is 44.9 Å². The van der Waals surface area contributed by atoms with Crippen molar-refractivity contribution in [3.63, 3.8) is 0 Å². The molecule has 2 atom stereocenters. The standard InChI is InChI=1S/C16H21NO4/c1-16(15(18)19)8-4-5-9-17(16)10-12-11-20-13-6-2-3-7-14(13)21-12/h2-3,6-7,12H,4-5,8-11H2,1H3,(H,18,19). The highest BCUT2D eigenvalue weighted by molar-refractivity contribution is 5.78. The van der Waals surface area contributed by atoms with Gasteiger partial charge in [-0.3, -0.25) is 9.69 Å². The fourth-order valence-electron chi connectivity index (χ4n) is 3.11. The molecule has 1 aromatic rings. The van der Waals surface area contributed by atoms with E-state index in [1.165, 1.54) is 0 Å². The van der Waals surface area contributed by atoms with Gasteiger partial charge < -0.3 is 14.6 Å². The number of hydrogen-bond acceptors (Lipinski definition) is 4. The summed E-state index contributed by atoms with van der Waals surface area (Å²) in [6.45, 7) is 3.65. The van der Waals surface area contributed by atoms with E-state index >= 15 is 0 Å². The lowest BCUT2D eigenvalue weighted by Crippen LogP contribution is -2.58. The van der Waals surface area contributed by atoms with Crippen LogP contribution in [0.2, 0.25) is 0 Å². The molecule has 2 aliphatic rings. The lowest BCUT2D eigenvalue weighted by Gasteiger charge is -2.43. The fourth-order valence-corrected chi connectivity index (χ4v) is 3.11. The highest BCUT2D eigenvalue weighted by Gasteiger charge is 2.42. The van der Waals surface area contributed by atoms with E-state index in [1.807, 2.05) is 36.1 Å². The number of hydrogen-bond donors (Lipinski definition) is 1. The number of carbonyl (C=O) groups is 1. The van der Waals surface area contributed by atoms with Crippen LogP contribution in [0.1, 0.15) is 26.2 Å². The second-order valence-corrected chi connectivity index (χ2v) is 5.98. The molecule has 114 valence electrons. The number of carboxylic acid groups (broad SMARTS) is 1. The van der Waals surface area contributed by atoms with Gasteiger partial charge in [0.15, 0.2) is 11.5 Å². The molecule has 1 N–H and O–H groups in total. The maximum Gasteiger partial charge on any atom is 0.323 e. The van der Waals surface area contributed by atoms with Crippen LogP contribution < -0.4 is 9.47 Å². The Morgan fingerprint density at radius 1 is 1.38 bits per heavy atom. The summed E-state index contributed by atoms with van der Waals surface area (Å²) < 4.78 is 11.7. The molecule has 2 aliphatic heterocycles. The average molecular weight is 291 g/mol. The SMILES string of the molecule is CC1(C(=O)O)CCCCN1CC1COc2ccccc2O1. The predicted octanol–water partition coefficient (Wildman–Crippen LogP) is 2.16. The third-order valence-corrected chi connectivity index (χ3v) is 4.49. The third kappa shape index (κ3) is 2.70. The zero-order valence-corrected chi connectivity index (χ0v) is 12.2. The first-order valence-electron chi connectivity index (χ1n) is 7.46. The minimum Gasteiger partial charge on any atom is -0.486 e. The molecule has 0 aliphatic carbocycles. The highest BCUT2D eigenvalue weighted by Crippen LogP contribution is 2.33. The Hall–Kier alpha value is -1.75. The number of likely N-dealkylation sites (tertiary alicyclic amines) is 1. The van der Waals surface area contributed by atoms with E-state index in [0.717, 1.165) is 30.9 Å². The first kappa shape index (κ1) is 14.2. The van der Waals surface area contributed by atoms with Gasteiger partial charge >= 0.3 is 5.97 Å². The maximum atomic E-state index is 11.6. The minimum absolute atomic E-state index is 0.128. The first-order chi connectivity index (χ1) is 10.1. The molecule has 0 aromatic heterocycles. The largest absolute Gasteiger partial charge is 0.486 e. The normalized spacial score (nSPS) is 29.1. The van der Waals surface area contributed by atoms with E-state index in [0.29, 0.717) is 19.6 Å². The van der Waals surface area contributed by atoms with Gasteiger partial charge in [0.25, 0.3) is 0 Å². The van der Waals surface area contributed by atoms with Crippen LogP contribution in [-0.2, 0) is 4.79 Å². The second kappa shape index (κ2) is 5.56. The van der Waals surface area contributed by atoms with E-state index < -0.39 is 11.5 Å². The second-order valence-electron chi connectivity index (χ2n) is 5.98. The van der Waals surface area contributed by atoms with Crippen molar-refractivity contribution in [2.24, 2.45) is 0 Å². The third-order valence-electron chi connectivity index (χ3n) is 4.49. The monoisotopic (exact) mass is 291 g/mol. The smallest absolute Gasteiger partial charge is 0.323 e. The van der Waals surface area contributed by atoms with Crippen LogP contribution in [0.4, 0.5) is 0 Å². The molecule has 0 saturated carbocycles. The molecule has 5 nitrogen and oxygen atoms in total. The lowest BCUT2D eigenvalue weighted by atomic mass is 9.88. The quantitative estimate of drug-likeness (QED) is 0.924.